The molecule has 0 unspecified atom stereocenters. The minimum Gasteiger partial charge on any atom is -0.353 e. The monoisotopic (exact) mass is 517 g/mol. The van der Waals surface area contributed by atoms with Gasteiger partial charge in [-0.1, -0.05) is 37.3 Å². The molecule has 3 amide bonds. The number of rotatable bonds is 5. The van der Waals surface area contributed by atoms with Crippen molar-refractivity contribution in [2.75, 3.05) is 19.7 Å². The summed E-state index contributed by atoms with van der Waals surface area (Å²) in [5.41, 5.74) is -0.374. The zero-order valence-corrected chi connectivity index (χ0v) is 20.8. The molecule has 7 nitrogen and oxygen atoms in total. The van der Waals surface area contributed by atoms with Crippen molar-refractivity contribution in [1.29, 1.82) is 0 Å². The Morgan fingerprint density at radius 2 is 1.78 bits per heavy atom. The molecule has 2 heterocycles. The van der Waals surface area contributed by atoms with E-state index in [0.29, 0.717) is 43.5 Å². The second-order valence-corrected chi connectivity index (χ2v) is 9.41. The molecule has 1 atom stereocenters. The Kier molecular flexibility index (Phi) is 7.59. The van der Waals surface area contributed by atoms with Gasteiger partial charge >= 0.3 is 6.18 Å². The lowest BCUT2D eigenvalue weighted by molar-refractivity contribution is -0.143. The van der Waals surface area contributed by atoms with E-state index in [0.717, 1.165) is 17.7 Å². The Hall–Kier alpha value is -3.40. The predicted molar refractivity (Wildman–Crippen MR) is 129 cm³/mol. The summed E-state index contributed by atoms with van der Waals surface area (Å²) >= 11 is 0. The van der Waals surface area contributed by atoms with Crippen LogP contribution in [-0.4, -0.2) is 59.0 Å². The smallest absolute Gasteiger partial charge is 0.353 e. The molecule has 0 aromatic heterocycles. The highest BCUT2D eigenvalue weighted by atomic mass is 19.4. The maximum Gasteiger partial charge on any atom is 0.416 e. The van der Waals surface area contributed by atoms with E-state index in [1.54, 1.807) is 24.0 Å². The van der Waals surface area contributed by atoms with Gasteiger partial charge in [-0.25, -0.2) is 0 Å². The van der Waals surface area contributed by atoms with Crippen LogP contribution in [0.15, 0.2) is 48.5 Å². The molecule has 0 radical (unpaired) electrons. The highest BCUT2D eigenvalue weighted by Gasteiger charge is 2.54. The number of piperidine rings is 1. The van der Waals surface area contributed by atoms with E-state index in [1.165, 1.54) is 17.0 Å². The van der Waals surface area contributed by atoms with Crippen LogP contribution < -0.4 is 5.32 Å². The van der Waals surface area contributed by atoms with Gasteiger partial charge < -0.3 is 15.0 Å². The standard InChI is InChI=1S/C27H30F3N3O4/c1-3-23(34)32-13-11-26(12-14-32)33(25(36)21-10-5-4-7-18(21)2)22(17-37-26)24(35)31-16-19-8-6-9-20(15-19)27(28,29)30/h4-10,15,22H,3,11-14,16-17H2,1-2H3,(H,31,35)/t22-/m1/s1. The van der Waals surface area contributed by atoms with Gasteiger partial charge in [0, 0.05) is 44.5 Å². The summed E-state index contributed by atoms with van der Waals surface area (Å²) in [6.07, 6.45) is -3.40. The van der Waals surface area contributed by atoms with Crippen molar-refractivity contribution in [2.45, 2.75) is 57.6 Å². The molecule has 2 aliphatic heterocycles. The van der Waals surface area contributed by atoms with Crippen LogP contribution in [-0.2, 0) is 27.0 Å². The number of benzene rings is 2. The summed E-state index contributed by atoms with van der Waals surface area (Å²) in [5.74, 6) is -0.853. The van der Waals surface area contributed by atoms with Crippen LogP contribution in [0.3, 0.4) is 0 Å². The van der Waals surface area contributed by atoms with Crippen LogP contribution in [0, 0.1) is 6.92 Å². The minimum absolute atomic E-state index is 0.0139. The van der Waals surface area contributed by atoms with Crippen LogP contribution in [0.1, 0.15) is 53.2 Å². The number of alkyl halides is 3. The lowest BCUT2D eigenvalue weighted by Gasteiger charge is -2.44. The summed E-state index contributed by atoms with van der Waals surface area (Å²) < 4.78 is 45.4. The Morgan fingerprint density at radius 1 is 1.08 bits per heavy atom. The maximum atomic E-state index is 13.8. The molecule has 198 valence electrons. The van der Waals surface area contributed by atoms with E-state index in [1.807, 2.05) is 19.1 Å². The van der Waals surface area contributed by atoms with Crippen molar-refractivity contribution >= 4 is 17.7 Å². The van der Waals surface area contributed by atoms with Gasteiger partial charge in [0.1, 0.15) is 11.8 Å². The highest BCUT2D eigenvalue weighted by Crippen LogP contribution is 2.39. The molecule has 37 heavy (non-hydrogen) atoms. The molecule has 2 fully saturated rings. The molecular formula is C27H30F3N3O4. The first-order chi connectivity index (χ1) is 17.6. The number of halogens is 3. The quantitative estimate of drug-likeness (QED) is 0.653. The van der Waals surface area contributed by atoms with Crippen LogP contribution in [0.25, 0.3) is 0 Å². The molecule has 2 saturated heterocycles. The van der Waals surface area contributed by atoms with Crippen molar-refractivity contribution in [2.24, 2.45) is 0 Å². The molecule has 1 N–H and O–H groups in total. The molecular weight excluding hydrogens is 487 g/mol. The maximum absolute atomic E-state index is 13.8. The molecule has 2 aliphatic rings. The van der Waals surface area contributed by atoms with Gasteiger partial charge in [0.05, 0.1) is 12.2 Å². The molecule has 0 aliphatic carbocycles. The topological polar surface area (TPSA) is 79.0 Å². The summed E-state index contributed by atoms with van der Waals surface area (Å²) in [6.45, 7) is 4.20. The lowest BCUT2D eigenvalue weighted by atomic mass is 9.95. The summed E-state index contributed by atoms with van der Waals surface area (Å²) in [4.78, 5) is 42.5. The zero-order valence-electron chi connectivity index (χ0n) is 20.8. The molecule has 0 saturated carbocycles. The number of ether oxygens (including phenoxy) is 1. The Balaban J connectivity index is 1.57. The number of amides is 3. The van der Waals surface area contributed by atoms with Crippen LogP contribution in [0.5, 0.6) is 0 Å². The van der Waals surface area contributed by atoms with Crippen molar-refractivity contribution in [3.05, 3.63) is 70.8 Å². The van der Waals surface area contributed by atoms with Gasteiger partial charge in [-0.05, 0) is 36.2 Å². The number of carbonyl (C=O) groups is 3. The van der Waals surface area contributed by atoms with Crippen LogP contribution in [0.4, 0.5) is 13.2 Å². The zero-order chi connectivity index (χ0) is 26.8. The van der Waals surface area contributed by atoms with Crippen LogP contribution >= 0.6 is 0 Å². The Bertz CT molecular complexity index is 1180. The van der Waals surface area contributed by atoms with E-state index in [4.69, 9.17) is 4.74 Å². The van der Waals surface area contributed by atoms with E-state index < -0.39 is 29.4 Å². The fourth-order valence-electron chi connectivity index (χ4n) is 5.00. The van der Waals surface area contributed by atoms with Gasteiger partial charge in [0.15, 0.2) is 0 Å². The van der Waals surface area contributed by atoms with Gasteiger partial charge in [-0.3, -0.25) is 19.3 Å². The average molecular weight is 518 g/mol. The summed E-state index contributed by atoms with van der Waals surface area (Å²) in [7, 11) is 0. The third-order valence-electron chi connectivity index (χ3n) is 7.08. The van der Waals surface area contributed by atoms with Gasteiger partial charge in [-0.15, -0.1) is 0 Å². The number of aryl methyl sites for hydroxylation is 1. The molecule has 4 rings (SSSR count). The first kappa shape index (κ1) is 26.7. The van der Waals surface area contributed by atoms with Crippen molar-refractivity contribution in [3.8, 4) is 0 Å². The lowest BCUT2D eigenvalue weighted by Crippen LogP contribution is -2.59. The molecule has 1 spiro atoms. The predicted octanol–water partition coefficient (Wildman–Crippen LogP) is 3.90. The SMILES string of the molecule is CCC(=O)N1CCC2(CC1)OC[C@H](C(=O)NCc1cccc(C(F)(F)F)c1)N2C(=O)c1ccccc1C. The number of nitrogens with one attached hydrogen (secondary N) is 1. The molecule has 0 bridgehead atoms. The second-order valence-electron chi connectivity index (χ2n) is 9.41. The van der Waals surface area contributed by atoms with E-state index >= 15 is 0 Å². The van der Waals surface area contributed by atoms with Gasteiger partial charge in [-0.2, -0.15) is 13.2 Å². The molecule has 2 aromatic rings. The first-order valence-electron chi connectivity index (χ1n) is 12.3. The van der Waals surface area contributed by atoms with E-state index in [2.05, 4.69) is 5.32 Å². The van der Waals surface area contributed by atoms with Gasteiger partial charge in [0.2, 0.25) is 11.8 Å². The number of nitrogens with zero attached hydrogens (tertiary/aromatic N) is 2. The fraction of sp³-hybridized carbons (Fsp3) is 0.444. The highest BCUT2D eigenvalue weighted by molar-refractivity contribution is 5.99. The van der Waals surface area contributed by atoms with Gasteiger partial charge in [0.25, 0.3) is 5.91 Å². The first-order valence-corrected chi connectivity index (χ1v) is 12.3. The minimum atomic E-state index is -4.49. The molecule has 10 heteroatoms. The molecule has 2 aromatic carbocycles. The van der Waals surface area contributed by atoms with E-state index in [-0.39, 0.29) is 25.0 Å². The Morgan fingerprint density at radius 3 is 2.43 bits per heavy atom. The van der Waals surface area contributed by atoms with Crippen molar-refractivity contribution in [1.82, 2.24) is 15.1 Å². The summed E-state index contributed by atoms with van der Waals surface area (Å²) in [5, 5.41) is 2.68. The normalized spacial score (nSPS) is 19.2. The number of hydrogen-bond acceptors (Lipinski definition) is 4. The number of hydrogen-bond donors (Lipinski definition) is 1. The number of carbonyl (C=O) groups excluding carboxylic acids is 3. The van der Waals surface area contributed by atoms with Crippen LogP contribution in [0.2, 0.25) is 0 Å². The third kappa shape index (κ3) is 5.49. The third-order valence-corrected chi connectivity index (χ3v) is 7.08. The number of likely N-dealkylation sites (tertiary alicyclic amines) is 1. The fourth-order valence-corrected chi connectivity index (χ4v) is 5.00. The second kappa shape index (κ2) is 10.5. The Labute approximate surface area is 213 Å². The van der Waals surface area contributed by atoms with E-state index in [9.17, 15) is 27.6 Å². The average Bonchev–Trinajstić information content (AvgIpc) is 3.25. The largest absolute Gasteiger partial charge is 0.416 e. The summed E-state index contributed by atoms with van der Waals surface area (Å²) in [6, 6.07) is 10.8. The van der Waals surface area contributed by atoms with Crippen molar-refractivity contribution < 1.29 is 32.3 Å². The van der Waals surface area contributed by atoms with Crippen molar-refractivity contribution in [3.63, 3.8) is 0 Å².